The number of esters is 1. The minimum Gasteiger partial charge on any atom is -0.465 e. The highest BCUT2D eigenvalue weighted by atomic mass is 16.5. The smallest absolute Gasteiger partial charge is 0.339 e. The fraction of sp³-hybridized carbons (Fsp3) is 0.412. The lowest BCUT2D eigenvalue weighted by Crippen LogP contribution is -2.29. The highest BCUT2D eigenvalue weighted by Gasteiger charge is 2.29. The van der Waals surface area contributed by atoms with E-state index in [2.05, 4.69) is 9.97 Å². The second kappa shape index (κ2) is 6.82. The van der Waals surface area contributed by atoms with Crippen molar-refractivity contribution >= 4 is 11.9 Å². The molecule has 1 aliphatic heterocycles. The first-order valence-electron chi connectivity index (χ1n) is 7.80. The number of aryl methyl sites for hydroxylation is 1. The van der Waals surface area contributed by atoms with E-state index >= 15 is 0 Å². The molecule has 7 heteroatoms. The Hall–Kier alpha value is -2.70. The molecule has 1 aliphatic rings. The van der Waals surface area contributed by atoms with Crippen molar-refractivity contribution in [1.29, 1.82) is 0 Å². The van der Waals surface area contributed by atoms with Crippen molar-refractivity contribution in [1.82, 2.24) is 14.9 Å². The second-order valence-corrected chi connectivity index (χ2v) is 5.95. The lowest BCUT2D eigenvalue weighted by molar-refractivity contribution is 0.0600. The molecule has 0 aromatic carbocycles. The van der Waals surface area contributed by atoms with Crippen LogP contribution in [-0.2, 0) is 11.2 Å². The van der Waals surface area contributed by atoms with Gasteiger partial charge in [-0.05, 0) is 37.3 Å². The second-order valence-electron chi connectivity index (χ2n) is 5.95. The van der Waals surface area contributed by atoms with Gasteiger partial charge in [-0.25, -0.2) is 9.78 Å². The van der Waals surface area contributed by atoms with Crippen LogP contribution in [0, 0.1) is 12.8 Å². The fourth-order valence-corrected chi connectivity index (χ4v) is 3.00. The van der Waals surface area contributed by atoms with Crippen molar-refractivity contribution in [3.63, 3.8) is 0 Å². The molecule has 2 aromatic heterocycles. The van der Waals surface area contributed by atoms with Crippen molar-refractivity contribution in [2.75, 3.05) is 20.2 Å². The zero-order valence-electron chi connectivity index (χ0n) is 13.7. The molecule has 126 valence electrons. The number of carbonyl (C=O) groups is 2. The summed E-state index contributed by atoms with van der Waals surface area (Å²) in [5.74, 6) is 0.124. The van der Waals surface area contributed by atoms with Crippen LogP contribution >= 0.6 is 0 Å². The minimum absolute atomic E-state index is 0.117. The molecule has 1 atom stereocenters. The summed E-state index contributed by atoms with van der Waals surface area (Å²) in [4.78, 5) is 33.9. The summed E-state index contributed by atoms with van der Waals surface area (Å²) in [5.41, 5.74) is 2.02. The van der Waals surface area contributed by atoms with Gasteiger partial charge in [0, 0.05) is 25.5 Å². The predicted octanol–water partition coefficient (Wildman–Crippen LogP) is 1.87. The number of likely N-dealkylation sites (tertiary alicyclic amines) is 1. The number of hydrogen-bond acceptors (Lipinski definition) is 6. The van der Waals surface area contributed by atoms with E-state index in [0.717, 1.165) is 18.4 Å². The third-order valence-corrected chi connectivity index (χ3v) is 4.25. The molecule has 0 bridgehead atoms. The molecule has 2 aromatic rings. The highest BCUT2D eigenvalue weighted by Crippen LogP contribution is 2.23. The van der Waals surface area contributed by atoms with E-state index in [9.17, 15) is 9.59 Å². The number of ether oxygens (including phenoxy) is 1. The standard InChI is InChI=1S/C17H19N3O4/c1-11-15(24-10-19-11)16(21)20-4-3-12(9-20)5-13-6-14(8-18-7-13)17(22)23-2/h6-8,10,12H,3-5,9H2,1-2H3. The van der Waals surface area contributed by atoms with E-state index in [4.69, 9.17) is 9.15 Å². The van der Waals surface area contributed by atoms with Gasteiger partial charge in [-0.3, -0.25) is 9.78 Å². The quantitative estimate of drug-likeness (QED) is 0.796. The fourth-order valence-electron chi connectivity index (χ4n) is 3.00. The van der Waals surface area contributed by atoms with Gasteiger partial charge in [-0.2, -0.15) is 0 Å². The molecule has 1 saturated heterocycles. The van der Waals surface area contributed by atoms with E-state index < -0.39 is 5.97 Å². The molecule has 0 radical (unpaired) electrons. The van der Waals surface area contributed by atoms with Crippen molar-refractivity contribution in [2.45, 2.75) is 19.8 Å². The summed E-state index contributed by atoms with van der Waals surface area (Å²) in [5, 5.41) is 0. The SMILES string of the molecule is COC(=O)c1cncc(CC2CCN(C(=O)c3ocnc3C)C2)c1. The Morgan fingerprint density at radius 3 is 2.96 bits per heavy atom. The zero-order chi connectivity index (χ0) is 17.1. The van der Waals surface area contributed by atoms with Gasteiger partial charge in [-0.1, -0.05) is 0 Å². The first kappa shape index (κ1) is 16.2. The van der Waals surface area contributed by atoms with E-state index in [-0.39, 0.29) is 5.91 Å². The summed E-state index contributed by atoms with van der Waals surface area (Å²) >= 11 is 0. The maximum Gasteiger partial charge on any atom is 0.339 e. The van der Waals surface area contributed by atoms with E-state index in [0.29, 0.717) is 36.0 Å². The average Bonchev–Trinajstić information content (AvgIpc) is 3.23. The molecule has 0 N–H and O–H groups in total. The Balaban J connectivity index is 1.63. The van der Waals surface area contributed by atoms with Crippen LogP contribution in [0.25, 0.3) is 0 Å². The molecule has 7 nitrogen and oxygen atoms in total. The van der Waals surface area contributed by atoms with Gasteiger partial charge < -0.3 is 14.1 Å². The first-order valence-corrected chi connectivity index (χ1v) is 7.80. The van der Waals surface area contributed by atoms with Crippen molar-refractivity contribution < 1.29 is 18.7 Å². The predicted molar refractivity (Wildman–Crippen MR) is 84.5 cm³/mol. The Labute approximate surface area is 139 Å². The normalized spacial score (nSPS) is 17.1. The van der Waals surface area contributed by atoms with Crippen LogP contribution in [0.1, 0.15) is 38.6 Å². The largest absolute Gasteiger partial charge is 0.465 e. The number of hydrogen-bond donors (Lipinski definition) is 0. The first-order chi connectivity index (χ1) is 11.6. The van der Waals surface area contributed by atoms with Crippen molar-refractivity contribution in [2.24, 2.45) is 5.92 Å². The Kier molecular flexibility index (Phi) is 4.59. The summed E-state index contributed by atoms with van der Waals surface area (Å²) in [6, 6.07) is 1.80. The number of carbonyl (C=O) groups excluding carboxylic acids is 2. The maximum atomic E-state index is 12.4. The molecule has 3 heterocycles. The van der Waals surface area contributed by atoms with Crippen LogP contribution in [-0.4, -0.2) is 46.9 Å². The van der Waals surface area contributed by atoms with Gasteiger partial charge in [0.2, 0.25) is 5.76 Å². The summed E-state index contributed by atoms with van der Waals surface area (Å²) in [7, 11) is 1.35. The summed E-state index contributed by atoms with van der Waals surface area (Å²) in [6.07, 6.45) is 6.20. The number of methoxy groups -OCH3 is 1. The zero-order valence-corrected chi connectivity index (χ0v) is 13.7. The number of aromatic nitrogens is 2. The summed E-state index contributed by atoms with van der Waals surface area (Å²) in [6.45, 7) is 3.10. The lowest BCUT2D eigenvalue weighted by atomic mass is 9.99. The van der Waals surface area contributed by atoms with Gasteiger partial charge >= 0.3 is 5.97 Å². The van der Waals surface area contributed by atoms with Gasteiger partial charge in [0.1, 0.15) is 0 Å². The number of rotatable bonds is 4. The molecule has 0 spiro atoms. The number of amides is 1. The third kappa shape index (κ3) is 3.29. The van der Waals surface area contributed by atoms with Crippen LogP contribution in [0.15, 0.2) is 29.3 Å². The van der Waals surface area contributed by atoms with Crippen molar-refractivity contribution in [3.8, 4) is 0 Å². The molecule has 0 aliphatic carbocycles. The van der Waals surface area contributed by atoms with Gasteiger partial charge in [0.05, 0.1) is 18.4 Å². The maximum absolute atomic E-state index is 12.4. The molecule has 1 unspecified atom stereocenters. The van der Waals surface area contributed by atoms with Gasteiger partial charge in [0.15, 0.2) is 6.39 Å². The Bertz CT molecular complexity index is 756. The van der Waals surface area contributed by atoms with Crippen LogP contribution in [0.3, 0.4) is 0 Å². The molecule has 1 fully saturated rings. The summed E-state index contributed by atoms with van der Waals surface area (Å²) < 4.78 is 9.90. The molecular formula is C17H19N3O4. The molecular weight excluding hydrogens is 310 g/mol. The average molecular weight is 329 g/mol. The van der Waals surface area contributed by atoms with Crippen molar-refractivity contribution in [3.05, 3.63) is 47.4 Å². The molecule has 0 saturated carbocycles. The topological polar surface area (TPSA) is 85.5 Å². The van der Waals surface area contributed by atoms with Crippen LogP contribution in [0.5, 0.6) is 0 Å². The molecule has 24 heavy (non-hydrogen) atoms. The Morgan fingerprint density at radius 2 is 2.25 bits per heavy atom. The van der Waals surface area contributed by atoms with Crippen LogP contribution < -0.4 is 0 Å². The molecule has 3 rings (SSSR count). The van der Waals surface area contributed by atoms with Gasteiger partial charge in [0.25, 0.3) is 5.91 Å². The Morgan fingerprint density at radius 1 is 1.42 bits per heavy atom. The van der Waals surface area contributed by atoms with Gasteiger partial charge in [-0.15, -0.1) is 0 Å². The lowest BCUT2D eigenvalue weighted by Gasteiger charge is -2.15. The van der Waals surface area contributed by atoms with E-state index in [1.54, 1.807) is 24.1 Å². The molecule has 1 amide bonds. The monoisotopic (exact) mass is 329 g/mol. The van der Waals surface area contributed by atoms with Crippen LogP contribution in [0.2, 0.25) is 0 Å². The number of nitrogens with zero attached hydrogens (tertiary/aromatic N) is 3. The van der Waals surface area contributed by atoms with E-state index in [1.807, 2.05) is 0 Å². The number of oxazole rings is 1. The number of pyridine rings is 1. The van der Waals surface area contributed by atoms with E-state index in [1.165, 1.54) is 19.7 Å². The minimum atomic E-state index is -0.395. The van der Waals surface area contributed by atoms with Crippen LogP contribution in [0.4, 0.5) is 0 Å². The highest BCUT2D eigenvalue weighted by molar-refractivity contribution is 5.92. The third-order valence-electron chi connectivity index (χ3n) is 4.25.